The van der Waals surface area contributed by atoms with E-state index >= 15 is 0 Å². The molecular weight excluding hydrogens is 528 g/mol. The molecule has 15 heteroatoms. The Morgan fingerprint density at radius 1 is 0.725 bits per heavy atom. The molecule has 0 atom stereocenters. The van der Waals surface area contributed by atoms with Crippen LogP contribution in [-0.4, -0.2) is 123 Å². The van der Waals surface area contributed by atoms with Crippen molar-refractivity contribution in [1.29, 1.82) is 0 Å². The van der Waals surface area contributed by atoms with Gasteiger partial charge in [-0.15, -0.1) is 0 Å². The van der Waals surface area contributed by atoms with Crippen LogP contribution >= 0.6 is 0 Å². The maximum Gasteiger partial charge on any atom is 0.226 e. The molecule has 1 aromatic rings. The number of azide groups is 1. The zero-order valence-corrected chi connectivity index (χ0v) is 23.2. The van der Waals surface area contributed by atoms with Crippen molar-refractivity contribution in [2.75, 3.05) is 118 Å². The lowest BCUT2D eigenvalue weighted by molar-refractivity contribution is -0.117. The number of nitrogens with one attached hydrogen (secondary N) is 1. The minimum atomic E-state index is -0.180. The van der Waals surface area contributed by atoms with E-state index in [1.807, 2.05) is 0 Å². The SMILES string of the molecule is [N-]=[N+]=NCc1ccc(NC(=O)CCOCCOCCOCCOCCOCCOCCOCCOCCN)cn1. The second-order valence-corrected chi connectivity index (χ2v) is 7.91. The van der Waals surface area contributed by atoms with Crippen molar-refractivity contribution in [3.63, 3.8) is 0 Å². The summed E-state index contributed by atoms with van der Waals surface area (Å²) < 4.78 is 43.1. The smallest absolute Gasteiger partial charge is 0.226 e. The Morgan fingerprint density at radius 3 is 1.52 bits per heavy atom. The minimum Gasteiger partial charge on any atom is -0.379 e. The Morgan fingerprint density at radius 2 is 1.15 bits per heavy atom. The number of hydrogen-bond acceptors (Lipinski definition) is 12. The summed E-state index contributed by atoms with van der Waals surface area (Å²) in [6, 6.07) is 3.39. The molecule has 0 unspecified atom stereocenters. The van der Waals surface area contributed by atoms with Crippen LogP contribution in [-0.2, 0) is 49.2 Å². The van der Waals surface area contributed by atoms with E-state index in [0.29, 0.717) is 117 Å². The van der Waals surface area contributed by atoms with Crippen molar-refractivity contribution < 1.29 is 42.7 Å². The number of nitrogens with two attached hydrogens (primary N) is 1. The van der Waals surface area contributed by atoms with E-state index in [2.05, 4.69) is 20.3 Å². The molecule has 1 heterocycles. The topological polar surface area (TPSA) is 191 Å². The largest absolute Gasteiger partial charge is 0.379 e. The third kappa shape index (κ3) is 23.5. The number of aromatic nitrogens is 1. The van der Waals surface area contributed by atoms with Crippen LogP contribution in [0.4, 0.5) is 5.69 Å². The van der Waals surface area contributed by atoms with Gasteiger partial charge in [-0.3, -0.25) is 9.78 Å². The number of rotatable bonds is 29. The Bertz CT molecular complexity index is 770. The second-order valence-electron chi connectivity index (χ2n) is 7.91. The molecule has 40 heavy (non-hydrogen) atoms. The first kappa shape index (κ1) is 35.6. The standard InChI is InChI=1S/C25H44N6O9/c26-4-6-34-8-10-36-12-14-38-16-18-40-20-19-39-17-15-37-13-11-35-9-7-33-5-3-25(32)30-24-2-1-23(28-21-24)22-29-31-27/h1-2,21H,3-20,22,26H2,(H,30,32). The number of nitrogens with zero attached hydrogens (tertiary/aromatic N) is 4. The Hall–Kier alpha value is -2.43. The van der Waals surface area contributed by atoms with Crippen LogP contribution in [0.1, 0.15) is 12.1 Å². The van der Waals surface area contributed by atoms with E-state index < -0.39 is 0 Å². The molecule has 15 nitrogen and oxygen atoms in total. The van der Waals surface area contributed by atoms with E-state index in [1.165, 1.54) is 6.20 Å². The molecule has 228 valence electrons. The third-order valence-corrected chi connectivity index (χ3v) is 4.74. The van der Waals surface area contributed by atoms with E-state index in [9.17, 15) is 4.79 Å². The molecule has 1 amide bonds. The lowest BCUT2D eigenvalue weighted by Gasteiger charge is -2.09. The summed E-state index contributed by atoms with van der Waals surface area (Å²) in [4.78, 5) is 18.7. The molecule has 0 radical (unpaired) electrons. The molecule has 0 aliphatic carbocycles. The maximum absolute atomic E-state index is 11.9. The normalized spacial score (nSPS) is 10.9. The number of carbonyl (C=O) groups excluding carboxylic acids is 1. The molecule has 1 aromatic heterocycles. The van der Waals surface area contributed by atoms with Crippen LogP contribution in [0, 0.1) is 0 Å². The maximum atomic E-state index is 11.9. The monoisotopic (exact) mass is 572 g/mol. The first-order valence-corrected chi connectivity index (χ1v) is 13.3. The highest BCUT2D eigenvalue weighted by Gasteiger charge is 2.03. The highest BCUT2D eigenvalue weighted by Crippen LogP contribution is 2.07. The molecule has 0 fully saturated rings. The molecule has 0 aliphatic heterocycles. The Labute approximate surface area is 235 Å². The first-order valence-electron chi connectivity index (χ1n) is 13.3. The third-order valence-electron chi connectivity index (χ3n) is 4.74. The minimum absolute atomic E-state index is 0.168. The molecule has 0 bridgehead atoms. The van der Waals surface area contributed by atoms with E-state index in [0.717, 1.165) is 0 Å². The number of hydrogen-bond donors (Lipinski definition) is 2. The zero-order valence-electron chi connectivity index (χ0n) is 23.2. The first-order chi connectivity index (χ1) is 19.8. The van der Waals surface area contributed by atoms with Gasteiger partial charge in [-0.25, -0.2) is 0 Å². The molecule has 0 saturated heterocycles. The fourth-order valence-electron chi connectivity index (χ4n) is 2.81. The Kier molecular flexibility index (Phi) is 25.0. The van der Waals surface area contributed by atoms with Gasteiger partial charge >= 0.3 is 0 Å². The van der Waals surface area contributed by atoms with Gasteiger partial charge in [-0.1, -0.05) is 5.11 Å². The van der Waals surface area contributed by atoms with Crippen molar-refractivity contribution in [3.05, 3.63) is 34.5 Å². The van der Waals surface area contributed by atoms with Gasteiger partial charge in [-0.2, -0.15) is 0 Å². The average molecular weight is 573 g/mol. The molecule has 0 aliphatic rings. The van der Waals surface area contributed by atoms with Crippen LogP contribution < -0.4 is 11.1 Å². The Balaban J connectivity index is 1.75. The second kappa shape index (κ2) is 28.1. The summed E-state index contributed by atoms with van der Waals surface area (Å²) >= 11 is 0. The molecule has 0 aromatic carbocycles. The van der Waals surface area contributed by atoms with Gasteiger partial charge in [0.1, 0.15) is 0 Å². The lowest BCUT2D eigenvalue weighted by Crippen LogP contribution is -2.16. The van der Waals surface area contributed by atoms with Crippen LogP contribution in [0.3, 0.4) is 0 Å². The number of ether oxygens (including phenoxy) is 8. The van der Waals surface area contributed by atoms with Gasteiger partial charge in [0.25, 0.3) is 0 Å². The van der Waals surface area contributed by atoms with Crippen molar-refractivity contribution >= 4 is 11.6 Å². The van der Waals surface area contributed by atoms with Gasteiger partial charge in [-0.05, 0) is 17.7 Å². The molecule has 0 saturated carbocycles. The zero-order chi connectivity index (χ0) is 28.8. The predicted octanol–water partition coefficient (Wildman–Crippen LogP) is 1.31. The highest BCUT2D eigenvalue weighted by atomic mass is 16.6. The van der Waals surface area contributed by atoms with Crippen molar-refractivity contribution in [1.82, 2.24) is 4.98 Å². The summed E-state index contributed by atoms with van der Waals surface area (Å²) in [5.41, 5.74) is 14.8. The summed E-state index contributed by atoms with van der Waals surface area (Å²) in [6.45, 7) is 8.28. The van der Waals surface area contributed by atoms with Gasteiger partial charge < -0.3 is 48.9 Å². The van der Waals surface area contributed by atoms with Crippen molar-refractivity contribution in [2.24, 2.45) is 10.8 Å². The predicted molar refractivity (Wildman–Crippen MR) is 146 cm³/mol. The quantitative estimate of drug-likeness (QED) is 0.0609. The lowest BCUT2D eigenvalue weighted by atomic mass is 10.3. The molecule has 3 N–H and O–H groups in total. The van der Waals surface area contributed by atoms with E-state index in [1.54, 1.807) is 12.1 Å². The van der Waals surface area contributed by atoms with Crippen molar-refractivity contribution in [2.45, 2.75) is 13.0 Å². The summed E-state index contributed by atoms with van der Waals surface area (Å²) in [5, 5.41) is 6.16. The molecular formula is C25H44N6O9. The van der Waals surface area contributed by atoms with Crippen LogP contribution in [0.15, 0.2) is 23.4 Å². The van der Waals surface area contributed by atoms with Gasteiger partial charge in [0.05, 0.1) is 131 Å². The van der Waals surface area contributed by atoms with E-state index in [-0.39, 0.29) is 25.5 Å². The molecule has 1 rings (SSSR count). The fourth-order valence-corrected chi connectivity index (χ4v) is 2.81. The van der Waals surface area contributed by atoms with Gasteiger partial charge in [0, 0.05) is 17.2 Å². The summed E-state index contributed by atoms with van der Waals surface area (Å²) in [7, 11) is 0. The van der Waals surface area contributed by atoms with Gasteiger partial charge in [0.15, 0.2) is 0 Å². The summed E-state index contributed by atoms with van der Waals surface area (Å²) in [6.07, 6.45) is 1.73. The average Bonchev–Trinajstić information content (AvgIpc) is 2.96. The van der Waals surface area contributed by atoms with Crippen molar-refractivity contribution in [3.8, 4) is 0 Å². The van der Waals surface area contributed by atoms with Gasteiger partial charge in [0.2, 0.25) is 5.91 Å². The number of amides is 1. The molecule has 0 spiro atoms. The fraction of sp³-hybridized carbons (Fsp3) is 0.760. The number of pyridine rings is 1. The highest BCUT2D eigenvalue weighted by molar-refractivity contribution is 5.90. The van der Waals surface area contributed by atoms with E-state index in [4.69, 9.17) is 49.2 Å². The van der Waals surface area contributed by atoms with Crippen LogP contribution in [0.25, 0.3) is 10.4 Å². The van der Waals surface area contributed by atoms with Crippen LogP contribution in [0.2, 0.25) is 0 Å². The number of anilines is 1. The number of carbonyl (C=O) groups is 1. The van der Waals surface area contributed by atoms with Crippen LogP contribution in [0.5, 0.6) is 0 Å². The summed E-state index contributed by atoms with van der Waals surface area (Å²) in [5.74, 6) is -0.180.